The van der Waals surface area contributed by atoms with Crippen molar-refractivity contribution >= 4 is 0 Å². The van der Waals surface area contributed by atoms with Crippen molar-refractivity contribution in [1.82, 2.24) is 0 Å². The Morgan fingerprint density at radius 3 is 2.30 bits per heavy atom. The van der Waals surface area contributed by atoms with Gasteiger partial charge in [0.05, 0.1) is 18.8 Å². The zero-order chi connectivity index (χ0) is 15.1. The van der Waals surface area contributed by atoms with Crippen LogP contribution >= 0.6 is 0 Å². The third kappa shape index (κ3) is 5.14. The topological polar surface area (TPSA) is 49.7 Å². The number of aliphatic hydroxyl groups excluding tert-OH is 2. The molecule has 0 spiro atoms. The third-order valence-corrected chi connectivity index (χ3v) is 3.48. The average molecular weight is 280 g/mol. The molecule has 0 fully saturated rings. The van der Waals surface area contributed by atoms with E-state index in [1.54, 1.807) is 0 Å². The molecule has 1 aromatic rings. The van der Waals surface area contributed by atoms with E-state index in [0.717, 1.165) is 11.3 Å². The molecule has 0 saturated heterocycles. The number of para-hydroxylation sites is 1. The first-order chi connectivity index (χ1) is 9.45. The van der Waals surface area contributed by atoms with Gasteiger partial charge in [0.25, 0.3) is 0 Å². The fraction of sp³-hybridized carbons (Fsp3) is 0.647. The predicted molar refractivity (Wildman–Crippen MR) is 82.1 cm³/mol. The Morgan fingerprint density at radius 2 is 1.70 bits per heavy atom. The molecule has 20 heavy (non-hydrogen) atoms. The summed E-state index contributed by atoms with van der Waals surface area (Å²) in [5.41, 5.74) is 1.09. The van der Waals surface area contributed by atoms with Crippen LogP contribution in [0, 0.1) is 5.92 Å². The lowest BCUT2D eigenvalue weighted by Crippen LogP contribution is -2.26. The first-order valence-electron chi connectivity index (χ1n) is 7.53. The number of ether oxygens (including phenoxy) is 1. The predicted octanol–water partition coefficient (Wildman–Crippen LogP) is 3.35. The quantitative estimate of drug-likeness (QED) is 0.768. The van der Waals surface area contributed by atoms with Crippen molar-refractivity contribution in [3.05, 3.63) is 29.8 Å². The summed E-state index contributed by atoms with van der Waals surface area (Å²) in [6.45, 7) is 8.85. The maximum absolute atomic E-state index is 9.97. The van der Waals surface area contributed by atoms with Crippen molar-refractivity contribution in [1.29, 1.82) is 0 Å². The lowest BCUT2D eigenvalue weighted by Gasteiger charge is -2.22. The molecule has 0 bridgehead atoms. The largest absolute Gasteiger partial charge is 0.493 e. The normalized spacial score (nSPS) is 15.9. The van der Waals surface area contributed by atoms with Crippen LogP contribution in [0.5, 0.6) is 5.75 Å². The van der Waals surface area contributed by atoms with Crippen molar-refractivity contribution in [2.45, 2.75) is 58.7 Å². The van der Waals surface area contributed by atoms with Gasteiger partial charge in [-0.25, -0.2) is 0 Å². The molecule has 0 aliphatic carbocycles. The van der Waals surface area contributed by atoms with Gasteiger partial charge in [-0.15, -0.1) is 0 Å². The molecular formula is C17H28O3. The Balaban J connectivity index is 2.74. The van der Waals surface area contributed by atoms with Crippen molar-refractivity contribution in [3.63, 3.8) is 0 Å². The van der Waals surface area contributed by atoms with E-state index >= 15 is 0 Å². The highest BCUT2D eigenvalue weighted by atomic mass is 16.5. The molecule has 3 unspecified atom stereocenters. The van der Waals surface area contributed by atoms with Crippen LogP contribution in [0.4, 0.5) is 0 Å². The summed E-state index contributed by atoms with van der Waals surface area (Å²) in [6.07, 6.45) is -0.231. The third-order valence-electron chi connectivity index (χ3n) is 3.48. The zero-order valence-electron chi connectivity index (χ0n) is 13.0. The number of aliphatic hydroxyl groups is 2. The molecule has 3 heteroatoms. The highest BCUT2D eigenvalue weighted by Gasteiger charge is 2.20. The highest BCUT2D eigenvalue weighted by molar-refractivity contribution is 5.36. The summed E-state index contributed by atoms with van der Waals surface area (Å²) in [7, 11) is 0. The Bertz CT molecular complexity index is 390. The van der Waals surface area contributed by atoms with Gasteiger partial charge < -0.3 is 14.9 Å². The number of hydrogen-bond acceptors (Lipinski definition) is 3. The van der Waals surface area contributed by atoms with Crippen LogP contribution in [-0.4, -0.2) is 29.0 Å². The number of hydrogen-bond donors (Lipinski definition) is 2. The zero-order valence-corrected chi connectivity index (χ0v) is 13.0. The minimum atomic E-state index is -0.687. The van der Waals surface area contributed by atoms with E-state index in [9.17, 15) is 10.2 Å². The first kappa shape index (κ1) is 17.0. The Labute approximate surface area is 122 Å². The monoisotopic (exact) mass is 280 g/mol. The van der Waals surface area contributed by atoms with Crippen molar-refractivity contribution in [2.75, 3.05) is 6.61 Å². The van der Waals surface area contributed by atoms with Crippen LogP contribution in [0.1, 0.15) is 52.0 Å². The summed E-state index contributed by atoms with van der Waals surface area (Å²) in [5, 5.41) is 19.7. The van der Waals surface area contributed by atoms with Crippen molar-refractivity contribution in [2.24, 2.45) is 5.92 Å². The van der Waals surface area contributed by atoms with Gasteiger partial charge in [-0.1, -0.05) is 45.9 Å². The van der Waals surface area contributed by atoms with E-state index in [0.29, 0.717) is 25.4 Å². The van der Waals surface area contributed by atoms with Gasteiger partial charge in [0.15, 0.2) is 0 Å². The molecule has 0 aliphatic heterocycles. The van der Waals surface area contributed by atoms with Crippen molar-refractivity contribution < 1.29 is 14.9 Å². The van der Waals surface area contributed by atoms with Gasteiger partial charge in [0.1, 0.15) is 5.75 Å². The summed E-state index contributed by atoms with van der Waals surface area (Å²) in [5.74, 6) is 1.51. The second-order valence-electron chi connectivity index (χ2n) is 5.92. The maximum Gasteiger partial charge on any atom is 0.122 e. The fourth-order valence-electron chi connectivity index (χ4n) is 2.19. The standard InChI is InChI=1S/C17H28O3/c1-5-15(18)16(19)10-13(4)14-8-6-7-9-17(14)20-11-12(2)3/h6-9,12-13,15-16,18-19H,5,10-11H2,1-4H3. The maximum atomic E-state index is 9.97. The second kappa shape index (κ2) is 8.28. The molecular weight excluding hydrogens is 252 g/mol. The minimum Gasteiger partial charge on any atom is -0.493 e. The lowest BCUT2D eigenvalue weighted by atomic mass is 9.92. The highest BCUT2D eigenvalue weighted by Crippen LogP contribution is 2.30. The minimum absolute atomic E-state index is 0.148. The van der Waals surface area contributed by atoms with Gasteiger partial charge >= 0.3 is 0 Å². The lowest BCUT2D eigenvalue weighted by molar-refractivity contribution is 0.00940. The van der Waals surface area contributed by atoms with E-state index in [4.69, 9.17) is 4.74 Å². The van der Waals surface area contributed by atoms with E-state index in [1.165, 1.54) is 0 Å². The molecule has 114 valence electrons. The van der Waals surface area contributed by atoms with Crippen LogP contribution < -0.4 is 4.74 Å². The Morgan fingerprint density at radius 1 is 1.05 bits per heavy atom. The molecule has 0 aromatic heterocycles. The molecule has 0 saturated carbocycles. The van der Waals surface area contributed by atoms with Crippen molar-refractivity contribution in [3.8, 4) is 5.75 Å². The SMILES string of the molecule is CCC(O)C(O)CC(C)c1ccccc1OCC(C)C. The van der Waals surface area contributed by atoms with Crippen LogP contribution in [0.25, 0.3) is 0 Å². The van der Waals surface area contributed by atoms with E-state index in [-0.39, 0.29) is 5.92 Å². The van der Waals surface area contributed by atoms with Crippen LogP contribution in [0.3, 0.4) is 0 Å². The number of rotatable bonds is 8. The molecule has 1 aromatic carbocycles. The van der Waals surface area contributed by atoms with E-state index in [2.05, 4.69) is 20.8 Å². The van der Waals surface area contributed by atoms with Gasteiger partial charge in [0, 0.05) is 0 Å². The first-order valence-corrected chi connectivity index (χ1v) is 7.53. The molecule has 0 radical (unpaired) electrons. The molecule has 1 rings (SSSR count). The Hall–Kier alpha value is -1.06. The average Bonchev–Trinajstić information content (AvgIpc) is 2.44. The summed E-state index contributed by atoms with van der Waals surface area (Å²) >= 11 is 0. The summed E-state index contributed by atoms with van der Waals surface area (Å²) in [6, 6.07) is 7.95. The molecule has 3 nitrogen and oxygen atoms in total. The van der Waals surface area contributed by atoms with Gasteiger partial charge in [-0.05, 0) is 36.3 Å². The van der Waals surface area contributed by atoms with E-state index in [1.807, 2.05) is 31.2 Å². The molecule has 0 heterocycles. The Kier molecular flexibility index (Phi) is 7.03. The summed E-state index contributed by atoms with van der Waals surface area (Å²) < 4.78 is 5.84. The van der Waals surface area contributed by atoms with Crippen LogP contribution in [0.2, 0.25) is 0 Å². The second-order valence-corrected chi connectivity index (χ2v) is 5.92. The summed E-state index contributed by atoms with van der Waals surface area (Å²) in [4.78, 5) is 0. The molecule has 0 amide bonds. The molecule has 2 N–H and O–H groups in total. The van der Waals surface area contributed by atoms with Gasteiger partial charge in [-0.3, -0.25) is 0 Å². The van der Waals surface area contributed by atoms with Crippen LogP contribution in [-0.2, 0) is 0 Å². The van der Waals surface area contributed by atoms with Crippen LogP contribution in [0.15, 0.2) is 24.3 Å². The molecule has 3 atom stereocenters. The van der Waals surface area contributed by atoms with E-state index < -0.39 is 12.2 Å². The smallest absolute Gasteiger partial charge is 0.122 e. The van der Waals surface area contributed by atoms with Gasteiger partial charge in [-0.2, -0.15) is 0 Å². The van der Waals surface area contributed by atoms with Gasteiger partial charge in [0.2, 0.25) is 0 Å². The number of benzene rings is 1. The fourth-order valence-corrected chi connectivity index (χ4v) is 2.19. The molecule has 0 aliphatic rings.